The second-order valence-corrected chi connectivity index (χ2v) is 4.91. The molecule has 22 heavy (non-hydrogen) atoms. The van der Waals surface area contributed by atoms with E-state index in [1.807, 2.05) is 0 Å². The number of carbonyl (C=O) groups is 1. The molecule has 0 heterocycles. The van der Waals surface area contributed by atoms with Gasteiger partial charge >= 0.3 is 0 Å². The largest absolute Gasteiger partial charge is 0.493 e. The number of amides is 1. The molecule has 7 heteroatoms. The average molecular weight is 321 g/mol. The summed E-state index contributed by atoms with van der Waals surface area (Å²) in [5, 5.41) is 14.1. The van der Waals surface area contributed by atoms with Crippen molar-refractivity contribution in [1.82, 2.24) is 0 Å². The maximum atomic E-state index is 12.4. The molecule has 0 aromatic heterocycles. The van der Waals surface area contributed by atoms with Gasteiger partial charge in [-0.1, -0.05) is 29.8 Å². The predicted octanol–water partition coefficient (Wildman–Crippen LogP) is 3.82. The highest BCUT2D eigenvalue weighted by atomic mass is 35.5. The molecule has 2 aromatic carbocycles. The quantitative estimate of drug-likeness (QED) is 0.686. The molecule has 0 unspecified atom stereocenters. The van der Waals surface area contributed by atoms with Gasteiger partial charge in [0.25, 0.3) is 11.6 Å². The Kier molecular flexibility index (Phi) is 4.62. The Morgan fingerprint density at radius 3 is 2.59 bits per heavy atom. The molecule has 0 aliphatic carbocycles. The van der Waals surface area contributed by atoms with Gasteiger partial charge in [-0.05, 0) is 25.1 Å². The SMILES string of the molecule is COc1c(Cl)cccc1NC(=O)c1cccc(C)c1[N+](=O)[O-]. The Balaban J connectivity index is 2.41. The normalized spacial score (nSPS) is 10.1. The molecular formula is C15H13ClN2O4. The van der Waals surface area contributed by atoms with E-state index in [9.17, 15) is 14.9 Å². The first-order valence-electron chi connectivity index (χ1n) is 6.33. The lowest BCUT2D eigenvalue weighted by Crippen LogP contribution is -2.15. The number of para-hydroxylation sites is 2. The molecule has 6 nitrogen and oxygen atoms in total. The van der Waals surface area contributed by atoms with Gasteiger partial charge in [0.1, 0.15) is 5.56 Å². The number of methoxy groups -OCH3 is 1. The zero-order chi connectivity index (χ0) is 16.3. The van der Waals surface area contributed by atoms with Crippen molar-refractivity contribution < 1.29 is 14.5 Å². The third kappa shape index (κ3) is 3.01. The summed E-state index contributed by atoms with van der Waals surface area (Å²) in [6, 6.07) is 9.43. The van der Waals surface area contributed by atoms with E-state index in [4.69, 9.17) is 16.3 Å². The second kappa shape index (κ2) is 6.44. The fraction of sp³-hybridized carbons (Fsp3) is 0.133. The molecule has 1 N–H and O–H groups in total. The Morgan fingerprint density at radius 1 is 1.27 bits per heavy atom. The highest BCUT2D eigenvalue weighted by Crippen LogP contribution is 2.33. The maximum Gasteiger partial charge on any atom is 0.285 e. The van der Waals surface area contributed by atoms with Crippen LogP contribution in [0.2, 0.25) is 5.02 Å². The molecule has 2 aromatic rings. The van der Waals surface area contributed by atoms with Crippen molar-refractivity contribution in [1.29, 1.82) is 0 Å². The van der Waals surface area contributed by atoms with E-state index >= 15 is 0 Å². The van der Waals surface area contributed by atoms with Crippen molar-refractivity contribution in [3.05, 3.63) is 62.7 Å². The van der Waals surface area contributed by atoms with Crippen molar-refractivity contribution >= 4 is 28.9 Å². The molecular weight excluding hydrogens is 308 g/mol. The zero-order valence-electron chi connectivity index (χ0n) is 11.9. The number of halogens is 1. The number of hydrogen-bond donors (Lipinski definition) is 1. The number of nitro benzene ring substituents is 1. The molecule has 0 saturated carbocycles. The summed E-state index contributed by atoms with van der Waals surface area (Å²) in [6.07, 6.45) is 0. The third-order valence-corrected chi connectivity index (χ3v) is 3.38. The lowest BCUT2D eigenvalue weighted by Gasteiger charge is -2.12. The number of rotatable bonds is 4. The number of hydrogen-bond acceptors (Lipinski definition) is 4. The van der Waals surface area contributed by atoms with Gasteiger partial charge in [-0.15, -0.1) is 0 Å². The third-order valence-electron chi connectivity index (χ3n) is 3.08. The van der Waals surface area contributed by atoms with Gasteiger partial charge in [-0.2, -0.15) is 0 Å². The Morgan fingerprint density at radius 2 is 1.95 bits per heavy atom. The van der Waals surface area contributed by atoms with Crippen LogP contribution in [0.5, 0.6) is 5.75 Å². The highest BCUT2D eigenvalue weighted by molar-refractivity contribution is 6.32. The topological polar surface area (TPSA) is 81.5 Å². The van der Waals surface area contributed by atoms with E-state index in [0.717, 1.165) is 0 Å². The maximum absolute atomic E-state index is 12.4. The fourth-order valence-corrected chi connectivity index (χ4v) is 2.34. The lowest BCUT2D eigenvalue weighted by atomic mass is 10.1. The number of ether oxygens (including phenoxy) is 1. The van der Waals surface area contributed by atoms with Crippen molar-refractivity contribution in [2.24, 2.45) is 0 Å². The highest BCUT2D eigenvalue weighted by Gasteiger charge is 2.23. The van der Waals surface area contributed by atoms with Crippen LogP contribution < -0.4 is 10.1 Å². The van der Waals surface area contributed by atoms with Gasteiger partial charge < -0.3 is 10.1 Å². The van der Waals surface area contributed by atoms with Gasteiger partial charge in [0.2, 0.25) is 0 Å². The van der Waals surface area contributed by atoms with E-state index in [1.165, 1.54) is 13.2 Å². The number of nitrogens with one attached hydrogen (secondary N) is 1. The number of carbonyl (C=O) groups excluding carboxylic acids is 1. The Bertz CT molecular complexity index is 746. The molecule has 0 saturated heterocycles. The van der Waals surface area contributed by atoms with E-state index in [1.54, 1.807) is 37.3 Å². The Labute approximate surface area is 131 Å². The van der Waals surface area contributed by atoms with Crippen LogP contribution in [-0.2, 0) is 0 Å². The van der Waals surface area contributed by atoms with Crippen molar-refractivity contribution in [3.8, 4) is 5.75 Å². The monoisotopic (exact) mass is 320 g/mol. The van der Waals surface area contributed by atoms with E-state index in [2.05, 4.69) is 5.32 Å². The van der Waals surface area contributed by atoms with Crippen LogP contribution in [0.15, 0.2) is 36.4 Å². The molecule has 0 fully saturated rings. The first-order valence-corrected chi connectivity index (χ1v) is 6.71. The van der Waals surface area contributed by atoms with Crippen LogP contribution in [0.1, 0.15) is 15.9 Å². The van der Waals surface area contributed by atoms with Gasteiger partial charge in [-0.25, -0.2) is 0 Å². The standard InChI is InChI=1S/C15H13ClN2O4/c1-9-5-3-6-10(13(9)18(20)21)15(19)17-12-8-4-7-11(16)14(12)22-2/h3-8H,1-2H3,(H,17,19). The van der Waals surface area contributed by atoms with Gasteiger partial charge in [-0.3, -0.25) is 14.9 Å². The Hall–Kier alpha value is -2.60. The van der Waals surface area contributed by atoms with Crippen LogP contribution in [0.25, 0.3) is 0 Å². The summed E-state index contributed by atoms with van der Waals surface area (Å²) in [6.45, 7) is 1.58. The summed E-state index contributed by atoms with van der Waals surface area (Å²) >= 11 is 5.98. The number of anilines is 1. The molecule has 1 amide bonds. The molecule has 0 spiro atoms. The van der Waals surface area contributed by atoms with Crippen LogP contribution >= 0.6 is 11.6 Å². The van der Waals surface area contributed by atoms with Crippen molar-refractivity contribution in [2.75, 3.05) is 12.4 Å². The first kappa shape index (κ1) is 15.8. The molecule has 2 rings (SSSR count). The minimum atomic E-state index is -0.601. The smallest absolute Gasteiger partial charge is 0.285 e. The van der Waals surface area contributed by atoms with Crippen LogP contribution in [0.3, 0.4) is 0 Å². The summed E-state index contributed by atoms with van der Waals surface area (Å²) in [4.78, 5) is 22.9. The number of nitrogens with zero attached hydrogens (tertiary/aromatic N) is 1. The predicted molar refractivity (Wildman–Crippen MR) is 83.8 cm³/mol. The average Bonchev–Trinajstić information content (AvgIpc) is 2.46. The van der Waals surface area contributed by atoms with Crippen LogP contribution in [-0.4, -0.2) is 17.9 Å². The van der Waals surface area contributed by atoms with Gasteiger partial charge in [0.05, 0.1) is 22.7 Å². The van der Waals surface area contributed by atoms with Crippen molar-refractivity contribution in [2.45, 2.75) is 6.92 Å². The number of aryl methyl sites for hydroxylation is 1. The van der Waals surface area contributed by atoms with E-state index in [0.29, 0.717) is 22.0 Å². The summed E-state index contributed by atoms with van der Waals surface area (Å²) in [5.41, 5.74) is 0.513. The molecule has 114 valence electrons. The minimum Gasteiger partial charge on any atom is -0.493 e. The molecule has 0 bridgehead atoms. The van der Waals surface area contributed by atoms with Crippen molar-refractivity contribution in [3.63, 3.8) is 0 Å². The number of benzene rings is 2. The van der Waals surface area contributed by atoms with E-state index in [-0.39, 0.29) is 11.3 Å². The van der Waals surface area contributed by atoms with Crippen LogP contribution in [0, 0.1) is 17.0 Å². The van der Waals surface area contributed by atoms with Gasteiger partial charge in [0.15, 0.2) is 5.75 Å². The molecule has 0 atom stereocenters. The minimum absolute atomic E-state index is 0.0213. The summed E-state index contributed by atoms with van der Waals surface area (Å²) in [7, 11) is 1.42. The fourth-order valence-electron chi connectivity index (χ4n) is 2.09. The zero-order valence-corrected chi connectivity index (χ0v) is 12.7. The molecule has 0 aliphatic rings. The second-order valence-electron chi connectivity index (χ2n) is 4.50. The lowest BCUT2D eigenvalue weighted by molar-refractivity contribution is -0.385. The van der Waals surface area contributed by atoms with Gasteiger partial charge in [0, 0.05) is 5.56 Å². The molecule has 0 radical (unpaired) electrons. The van der Waals surface area contributed by atoms with E-state index < -0.39 is 10.8 Å². The number of nitro groups is 1. The van der Waals surface area contributed by atoms with Crippen LogP contribution in [0.4, 0.5) is 11.4 Å². The summed E-state index contributed by atoms with van der Waals surface area (Å²) in [5.74, 6) is -0.302. The molecule has 0 aliphatic heterocycles. The first-order chi connectivity index (χ1) is 10.5. The summed E-state index contributed by atoms with van der Waals surface area (Å²) < 4.78 is 5.13.